The van der Waals surface area contributed by atoms with Gasteiger partial charge in [-0.3, -0.25) is 19.4 Å². The summed E-state index contributed by atoms with van der Waals surface area (Å²) < 4.78 is 5.26. The molecular formula is C32H46N6O5S. The van der Waals surface area contributed by atoms with E-state index in [-0.39, 0.29) is 18.3 Å². The SMILES string of the molecule is C=C(NC=NC(C)c1ccccc1)NC(=O)C(Cc1ccsc1)NC(=O)C(C)(C)NC(=O)OC(C)(C)C.O=CN1CCCC1. The Morgan fingerprint density at radius 1 is 1.09 bits per heavy atom. The van der Waals surface area contributed by atoms with Crippen LogP contribution in [0.3, 0.4) is 0 Å². The first-order valence-corrected chi connectivity index (χ1v) is 15.5. The molecule has 2 aromatic rings. The van der Waals surface area contributed by atoms with Gasteiger partial charge in [-0.25, -0.2) is 4.79 Å². The largest absolute Gasteiger partial charge is 0.444 e. The predicted molar refractivity (Wildman–Crippen MR) is 174 cm³/mol. The second kappa shape index (κ2) is 17.2. The van der Waals surface area contributed by atoms with E-state index in [2.05, 4.69) is 32.8 Å². The summed E-state index contributed by atoms with van der Waals surface area (Å²) in [6.45, 7) is 16.0. The lowest BCUT2D eigenvalue weighted by Crippen LogP contribution is -2.60. The summed E-state index contributed by atoms with van der Waals surface area (Å²) >= 11 is 1.49. The molecule has 0 radical (unpaired) electrons. The van der Waals surface area contributed by atoms with Gasteiger partial charge in [0, 0.05) is 19.5 Å². The molecule has 11 nitrogen and oxygen atoms in total. The van der Waals surface area contributed by atoms with Crippen LogP contribution in [0.2, 0.25) is 0 Å². The molecule has 1 saturated heterocycles. The molecule has 2 unspecified atom stereocenters. The molecule has 2 atom stereocenters. The van der Waals surface area contributed by atoms with E-state index in [1.54, 1.807) is 25.7 Å². The zero-order chi connectivity index (χ0) is 32.8. The maximum absolute atomic E-state index is 13.1. The highest BCUT2D eigenvalue weighted by molar-refractivity contribution is 7.07. The van der Waals surface area contributed by atoms with Crippen molar-refractivity contribution in [2.75, 3.05) is 13.1 Å². The number of hydrogen-bond acceptors (Lipinski definition) is 7. The van der Waals surface area contributed by atoms with Crippen molar-refractivity contribution in [2.24, 2.45) is 4.99 Å². The summed E-state index contributed by atoms with van der Waals surface area (Å²) in [6, 6.07) is 10.7. The van der Waals surface area contributed by atoms with Gasteiger partial charge in [0.1, 0.15) is 23.0 Å². The Morgan fingerprint density at radius 2 is 1.75 bits per heavy atom. The van der Waals surface area contributed by atoms with Crippen LogP contribution >= 0.6 is 11.3 Å². The number of likely N-dealkylation sites (tertiary alicyclic amines) is 1. The number of nitrogens with one attached hydrogen (secondary N) is 4. The quantitative estimate of drug-likeness (QED) is 0.157. The third-order valence-electron chi connectivity index (χ3n) is 6.41. The Morgan fingerprint density at radius 3 is 2.30 bits per heavy atom. The van der Waals surface area contributed by atoms with E-state index in [0.29, 0.717) is 0 Å². The number of hydrogen-bond donors (Lipinski definition) is 4. The zero-order valence-corrected chi connectivity index (χ0v) is 27.3. The Kier molecular flexibility index (Phi) is 14.1. The van der Waals surface area contributed by atoms with Crippen molar-refractivity contribution in [2.45, 2.75) is 84.0 Å². The van der Waals surface area contributed by atoms with E-state index in [0.717, 1.165) is 30.6 Å². The second-order valence-corrected chi connectivity index (χ2v) is 12.7. The lowest BCUT2D eigenvalue weighted by molar-refractivity contribution is -0.131. The lowest BCUT2D eigenvalue weighted by Gasteiger charge is -2.29. The van der Waals surface area contributed by atoms with Gasteiger partial charge in [0.05, 0.1) is 12.4 Å². The molecule has 0 spiro atoms. The average molecular weight is 627 g/mol. The van der Waals surface area contributed by atoms with E-state index < -0.39 is 35.1 Å². The third-order valence-corrected chi connectivity index (χ3v) is 7.14. The monoisotopic (exact) mass is 626 g/mol. The van der Waals surface area contributed by atoms with Crippen LogP contribution in [0, 0.1) is 0 Å². The molecule has 4 amide bonds. The van der Waals surface area contributed by atoms with Crippen molar-refractivity contribution < 1.29 is 23.9 Å². The van der Waals surface area contributed by atoms with Crippen LogP contribution in [0.15, 0.2) is 64.6 Å². The maximum atomic E-state index is 13.1. The second-order valence-electron chi connectivity index (χ2n) is 11.9. The molecule has 1 aromatic heterocycles. The first-order valence-electron chi connectivity index (χ1n) is 14.6. The Balaban J connectivity index is 0.000000843. The van der Waals surface area contributed by atoms with Crippen LogP contribution in [0.4, 0.5) is 4.79 Å². The molecule has 0 aliphatic carbocycles. The highest BCUT2D eigenvalue weighted by atomic mass is 32.1. The van der Waals surface area contributed by atoms with Gasteiger partial charge in [-0.05, 0) is 82.3 Å². The topological polar surface area (TPSA) is 141 Å². The number of carbonyl (C=O) groups excluding carboxylic acids is 4. The van der Waals surface area contributed by atoms with Gasteiger partial charge < -0.3 is 30.9 Å². The number of nitrogens with zero attached hydrogens (tertiary/aromatic N) is 2. The highest BCUT2D eigenvalue weighted by Gasteiger charge is 2.34. The Labute approximate surface area is 264 Å². The van der Waals surface area contributed by atoms with Gasteiger partial charge >= 0.3 is 6.09 Å². The minimum Gasteiger partial charge on any atom is -0.444 e. The van der Waals surface area contributed by atoms with E-state index in [1.165, 1.54) is 44.4 Å². The van der Waals surface area contributed by atoms with Crippen LogP contribution in [0.1, 0.15) is 71.6 Å². The molecule has 3 rings (SSSR count). The first-order chi connectivity index (χ1) is 20.7. The molecular weight excluding hydrogens is 580 g/mol. The van der Waals surface area contributed by atoms with Crippen molar-refractivity contribution in [3.05, 3.63) is 70.7 Å². The molecule has 44 heavy (non-hydrogen) atoms. The normalized spacial score (nSPS) is 14.5. The van der Waals surface area contributed by atoms with Crippen LogP contribution in [0.5, 0.6) is 0 Å². The Hall–Kier alpha value is -4.19. The van der Waals surface area contributed by atoms with Gasteiger partial charge in [0.15, 0.2) is 0 Å². The van der Waals surface area contributed by atoms with Crippen LogP contribution in [0.25, 0.3) is 0 Å². The molecule has 1 aliphatic heterocycles. The molecule has 1 aliphatic rings. The predicted octanol–water partition coefficient (Wildman–Crippen LogP) is 4.28. The highest BCUT2D eigenvalue weighted by Crippen LogP contribution is 2.15. The molecule has 12 heteroatoms. The van der Waals surface area contributed by atoms with Gasteiger partial charge in [-0.1, -0.05) is 36.9 Å². The van der Waals surface area contributed by atoms with Crippen LogP contribution in [-0.2, 0) is 25.5 Å². The summed E-state index contributed by atoms with van der Waals surface area (Å²) in [5.41, 5.74) is -0.102. The summed E-state index contributed by atoms with van der Waals surface area (Å²) in [4.78, 5) is 54.5. The average Bonchev–Trinajstić information content (AvgIpc) is 3.66. The maximum Gasteiger partial charge on any atom is 0.408 e. The summed E-state index contributed by atoms with van der Waals surface area (Å²) in [7, 11) is 0. The number of carbonyl (C=O) groups is 4. The van der Waals surface area contributed by atoms with Gasteiger partial charge in [0.25, 0.3) is 0 Å². The summed E-state index contributed by atoms with van der Waals surface area (Å²) in [5, 5.41) is 14.6. The minimum atomic E-state index is -1.33. The molecule has 2 heterocycles. The third kappa shape index (κ3) is 13.4. The van der Waals surface area contributed by atoms with E-state index in [4.69, 9.17) is 4.74 Å². The lowest BCUT2D eigenvalue weighted by atomic mass is 10.0. The van der Waals surface area contributed by atoms with E-state index in [1.807, 2.05) is 54.1 Å². The number of amides is 4. The van der Waals surface area contributed by atoms with Crippen molar-refractivity contribution in [1.29, 1.82) is 0 Å². The number of ether oxygens (including phenoxy) is 1. The molecule has 1 fully saturated rings. The van der Waals surface area contributed by atoms with Gasteiger partial charge in [0.2, 0.25) is 18.2 Å². The standard InChI is InChI=1S/C27H37N5O4S.C5H9NO/c1-18(21-11-9-8-10-12-21)28-17-29-19(2)30-23(33)22(15-20-13-14-37-16-20)31-24(34)27(6,7)32-25(35)36-26(3,4)5;7-5-6-3-1-2-4-6/h8-14,16-18,22H,2,15H2,1,3-7H3,(H,28,29)(H,30,33)(H,31,34)(H,32,35);5H,1-4H2. The van der Waals surface area contributed by atoms with Gasteiger partial charge in [-0.15, -0.1) is 0 Å². The number of alkyl carbamates (subject to hydrolysis) is 1. The van der Waals surface area contributed by atoms with Crippen LogP contribution < -0.4 is 21.3 Å². The zero-order valence-electron chi connectivity index (χ0n) is 26.5. The van der Waals surface area contributed by atoms with Crippen molar-refractivity contribution in [3.8, 4) is 0 Å². The fourth-order valence-electron chi connectivity index (χ4n) is 3.97. The van der Waals surface area contributed by atoms with Crippen molar-refractivity contribution >= 4 is 42.0 Å². The molecule has 0 bridgehead atoms. The van der Waals surface area contributed by atoms with E-state index in [9.17, 15) is 19.2 Å². The number of rotatable bonds is 12. The van der Waals surface area contributed by atoms with Crippen molar-refractivity contribution in [3.63, 3.8) is 0 Å². The fourth-order valence-corrected chi connectivity index (χ4v) is 4.65. The first kappa shape index (κ1) is 36.0. The smallest absolute Gasteiger partial charge is 0.408 e. The summed E-state index contributed by atoms with van der Waals surface area (Å²) in [6.07, 6.45) is 4.31. The van der Waals surface area contributed by atoms with Crippen LogP contribution in [-0.4, -0.2) is 65.8 Å². The van der Waals surface area contributed by atoms with Gasteiger partial charge in [-0.2, -0.15) is 11.3 Å². The fraction of sp³-hybridized carbons (Fsp3) is 0.469. The Bertz CT molecular complexity index is 1250. The van der Waals surface area contributed by atoms with Crippen molar-refractivity contribution in [1.82, 2.24) is 26.2 Å². The number of benzene rings is 1. The molecule has 1 aromatic carbocycles. The minimum absolute atomic E-state index is 0.0810. The van der Waals surface area contributed by atoms with E-state index >= 15 is 0 Å². The molecule has 4 N–H and O–H groups in total. The molecule has 0 saturated carbocycles. The number of aliphatic imine (C=N–C) groups is 1. The summed E-state index contributed by atoms with van der Waals surface area (Å²) in [5.74, 6) is -0.787. The number of thiophene rings is 1. The molecule has 240 valence electrons.